The first-order valence-corrected chi connectivity index (χ1v) is 52.9. The number of unbranched alkanes of at least 4 members (excludes halogenated alkanes) is 20. The Kier molecular flexibility index (Phi) is 35.6. The Bertz CT molecular complexity index is 4630. The van der Waals surface area contributed by atoms with Gasteiger partial charge in [0.05, 0.1) is 44.8 Å². The van der Waals surface area contributed by atoms with Crippen molar-refractivity contribution in [2.45, 2.75) is 356 Å². The third-order valence-electron chi connectivity index (χ3n) is 24.9. The van der Waals surface area contributed by atoms with Crippen LogP contribution in [0.1, 0.15) is 305 Å². The molecule has 10 aromatic rings. The first-order chi connectivity index (χ1) is 56.7. The second kappa shape index (κ2) is 43.9. The van der Waals surface area contributed by atoms with Gasteiger partial charge in [-0.3, -0.25) is 0 Å². The number of aryl methyl sites for hydroxylation is 4. The van der Waals surface area contributed by atoms with E-state index < -0.39 is 0 Å². The fourth-order valence-corrected chi connectivity index (χ4v) is 25.0. The van der Waals surface area contributed by atoms with E-state index in [0.717, 1.165) is 19.1 Å². The molecule has 10 aromatic heterocycles. The van der Waals surface area contributed by atoms with E-state index in [1.165, 1.54) is 258 Å². The molecular formula is C97H136B4O8S10. The second-order valence-corrected chi connectivity index (χ2v) is 48.0. The molecule has 0 aromatic carbocycles. The van der Waals surface area contributed by atoms with Crippen molar-refractivity contribution in [3.8, 4) is 58.5 Å². The average molecular weight is 1790 g/mol. The number of allylic oxidation sites excluding steroid dienone is 1. The highest BCUT2D eigenvalue weighted by Crippen LogP contribution is 2.46. The van der Waals surface area contributed by atoms with Crippen LogP contribution in [0.5, 0.6) is 0 Å². The van der Waals surface area contributed by atoms with Crippen LogP contribution in [0.25, 0.3) is 58.5 Å². The fourth-order valence-electron chi connectivity index (χ4n) is 14.4. The minimum absolute atomic E-state index is 0.253. The van der Waals surface area contributed by atoms with Gasteiger partial charge in [0.25, 0.3) is 0 Å². The smallest absolute Gasteiger partial charge is 0.399 e. The summed E-state index contributed by atoms with van der Waals surface area (Å²) < 4.78 is 54.3. The van der Waals surface area contributed by atoms with Gasteiger partial charge in [-0.15, -0.1) is 120 Å². The number of hydrogen-bond acceptors (Lipinski definition) is 18. The third kappa shape index (κ3) is 26.2. The van der Waals surface area contributed by atoms with Crippen LogP contribution < -0.4 is 19.1 Å². The molecular weight excluding hydrogens is 1660 g/mol. The molecule has 14 rings (SSSR count). The monoisotopic (exact) mass is 1790 g/mol. The molecule has 4 aliphatic heterocycles. The largest absolute Gasteiger partial charge is 0.505 e. The number of rotatable bonds is 39. The maximum atomic E-state index is 6.24. The summed E-state index contributed by atoms with van der Waals surface area (Å²) in [7, 11) is -1.07. The Hall–Kier alpha value is -3.32. The molecule has 4 saturated heterocycles. The van der Waals surface area contributed by atoms with Gasteiger partial charge in [0.15, 0.2) is 0 Å². The zero-order chi connectivity index (χ0) is 85.2. The summed E-state index contributed by atoms with van der Waals surface area (Å²) in [4.78, 5) is 22.1. The van der Waals surface area contributed by atoms with Crippen LogP contribution in [-0.2, 0) is 62.9 Å². The molecule has 0 aliphatic carbocycles. The highest BCUT2D eigenvalue weighted by Gasteiger charge is 2.56. The van der Waals surface area contributed by atoms with Crippen LogP contribution in [0.4, 0.5) is 0 Å². The zero-order valence-corrected chi connectivity index (χ0v) is 83.5. The van der Waals surface area contributed by atoms with Crippen molar-refractivity contribution in [2.75, 3.05) is 0 Å². The summed E-state index contributed by atoms with van der Waals surface area (Å²) in [6.45, 7) is 44.3. The van der Waals surface area contributed by atoms with E-state index in [1.54, 1.807) is 45.3 Å². The van der Waals surface area contributed by atoms with E-state index in [-0.39, 0.29) is 73.3 Å². The third-order valence-corrected chi connectivity index (χ3v) is 37.3. The van der Waals surface area contributed by atoms with Crippen LogP contribution >= 0.6 is 113 Å². The predicted molar refractivity (Wildman–Crippen MR) is 533 cm³/mol. The summed E-state index contributed by atoms with van der Waals surface area (Å²) in [6.07, 6.45) is 39.1. The van der Waals surface area contributed by atoms with Gasteiger partial charge in [-0.1, -0.05) is 167 Å². The summed E-state index contributed by atoms with van der Waals surface area (Å²) in [5, 5.41) is 0. The molecule has 0 N–H and O–H groups in total. The van der Waals surface area contributed by atoms with Crippen LogP contribution in [-0.4, -0.2) is 73.3 Å². The topological polar surface area (TPSA) is 73.8 Å². The molecule has 0 bridgehead atoms. The second-order valence-electron chi connectivity index (χ2n) is 36.7. The van der Waals surface area contributed by atoms with Crippen molar-refractivity contribution in [1.29, 1.82) is 0 Å². The van der Waals surface area contributed by atoms with E-state index in [4.69, 9.17) is 37.2 Å². The van der Waals surface area contributed by atoms with Crippen molar-refractivity contribution in [3.05, 3.63) is 153 Å². The minimum Gasteiger partial charge on any atom is -0.399 e. The van der Waals surface area contributed by atoms with Crippen molar-refractivity contribution in [1.82, 2.24) is 0 Å². The summed E-state index contributed by atoms with van der Waals surface area (Å²) in [5.41, 5.74) is -2.34. The first kappa shape index (κ1) is 96.3. The summed E-state index contributed by atoms with van der Waals surface area (Å²) >= 11 is 18.7. The lowest BCUT2D eigenvalue weighted by Crippen LogP contribution is -2.41. The van der Waals surface area contributed by atoms with Gasteiger partial charge >= 0.3 is 28.5 Å². The van der Waals surface area contributed by atoms with E-state index in [2.05, 4.69) is 259 Å². The van der Waals surface area contributed by atoms with Crippen molar-refractivity contribution in [2.24, 2.45) is 0 Å². The molecule has 4 fully saturated rings. The standard InChI is InChI=1S/C28H39BO2S3.C25H37BO2S2.C24H31BO2S3.C20H29BO2S2/c1-6-7-8-9-10-11-12-13-14-21-15-16-22(32-21)23-17-18-24(33-23)25-19-20-26(34-25)29-30-27(2,3)28(4,5)31-29;1-6-7-8-9-10-11-12-13-14-15-20-16-17-21(29-20)22-18-19-23(30-22)26-27-24(2,3)25(4,5)28-26;1-6-7-8-9-10-17-11-12-18(28-17)19-13-14-20(29-19)21-15-16-22(30-21)25-26-23(2,3)24(4,5)27-25;1-6-7-8-9-10-15-11-12-16(24-15)17-13-14-18(25-17)21-22-19(2,3)20(4,5)23-21/h15-20H,6-14H2,1-5H3;6,16-19H,1,7-15H2,2-5H3;11-16H,6-10H2,1-5H3;11-14H,6-10H2,1-5H3. The summed E-state index contributed by atoms with van der Waals surface area (Å²) in [5.74, 6) is 0. The Morgan fingerprint density at radius 1 is 0.218 bits per heavy atom. The first-order valence-electron chi connectivity index (χ1n) is 44.7. The van der Waals surface area contributed by atoms with Crippen LogP contribution in [0.2, 0.25) is 0 Å². The average Bonchev–Trinajstić information content (AvgIpc) is 1.63. The van der Waals surface area contributed by atoms with Gasteiger partial charge in [-0.05, 0) is 272 Å². The van der Waals surface area contributed by atoms with Gasteiger partial charge in [-0.2, -0.15) is 0 Å². The normalized spacial score (nSPS) is 17.7. The van der Waals surface area contributed by atoms with Crippen molar-refractivity contribution >= 4 is 161 Å². The maximum Gasteiger partial charge on any atom is 0.505 e. The highest BCUT2D eigenvalue weighted by molar-refractivity contribution is 7.31. The van der Waals surface area contributed by atoms with Crippen LogP contribution in [0.15, 0.2) is 134 Å². The predicted octanol–water partition coefficient (Wildman–Crippen LogP) is 30.3. The molecule has 8 nitrogen and oxygen atoms in total. The van der Waals surface area contributed by atoms with Gasteiger partial charge in [0.2, 0.25) is 0 Å². The van der Waals surface area contributed by atoms with Gasteiger partial charge in [-0.25, -0.2) is 0 Å². The molecule has 0 spiro atoms. The van der Waals surface area contributed by atoms with E-state index in [0.29, 0.717) is 0 Å². The quantitative estimate of drug-likeness (QED) is 0.0214. The Morgan fingerprint density at radius 2 is 0.387 bits per heavy atom. The van der Waals surface area contributed by atoms with Gasteiger partial charge < -0.3 is 37.2 Å². The molecule has 119 heavy (non-hydrogen) atoms. The van der Waals surface area contributed by atoms with Crippen LogP contribution in [0, 0.1) is 0 Å². The lowest BCUT2D eigenvalue weighted by molar-refractivity contribution is 0.00578. The maximum absolute atomic E-state index is 6.24. The molecule has 0 amide bonds. The lowest BCUT2D eigenvalue weighted by atomic mass is 9.88. The number of thiophene rings is 10. The molecule has 0 saturated carbocycles. The molecule has 0 atom stereocenters. The zero-order valence-electron chi connectivity index (χ0n) is 75.3. The molecule has 4 aliphatic rings. The Labute approximate surface area is 759 Å². The molecule has 0 unspecified atom stereocenters. The van der Waals surface area contributed by atoms with Crippen molar-refractivity contribution < 1.29 is 37.2 Å². The van der Waals surface area contributed by atoms with E-state index in [9.17, 15) is 0 Å². The van der Waals surface area contributed by atoms with Crippen LogP contribution in [0.3, 0.4) is 0 Å². The Balaban J connectivity index is 0.000000156. The fraction of sp³-hybridized carbons (Fsp3) is 0.567. The highest BCUT2D eigenvalue weighted by atomic mass is 32.1. The number of hydrogen-bond donors (Lipinski definition) is 0. The van der Waals surface area contributed by atoms with Gasteiger partial charge in [0.1, 0.15) is 0 Å². The summed E-state index contributed by atoms with van der Waals surface area (Å²) in [6, 6.07) is 44.9. The minimum atomic E-state index is -0.302. The van der Waals surface area contributed by atoms with Crippen molar-refractivity contribution in [3.63, 3.8) is 0 Å². The van der Waals surface area contributed by atoms with E-state index >= 15 is 0 Å². The molecule has 14 heterocycles. The molecule has 0 radical (unpaired) electrons. The SMILES string of the molecule is C=CCCCCCCCCCc1ccc(-c2ccc(B3OC(C)(C)C(C)(C)O3)s2)s1.CCCCCCCCCCc1ccc(-c2ccc(-c3ccc(B4OC(C)(C)C(C)(C)O4)s3)s2)s1.CCCCCCc1ccc(-c2ccc(-c3ccc(B4OC(C)(C)C(C)(C)O4)s3)s2)s1.CCCCCCc1ccc(-c2ccc(B3OC(C)(C)C(C)(C)O3)s2)s1. The lowest BCUT2D eigenvalue weighted by Gasteiger charge is -2.32. The van der Waals surface area contributed by atoms with E-state index in [1.807, 2.05) is 74.1 Å². The molecule has 22 heteroatoms. The van der Waals surface area contributed by atoms with Gasteiger partial charge in [0, 0.05) is 97.1 Å². The molecule has 644 valence electrons. The Morgan fingerprint density at radius 3 is 0.605 bits per heavy atom.